The van der Waals surface area contributed by atoms with E-state index in [1.165, 1.54) is 0 Å². The molecule has 0 unspecified atom stereocenters. The molecule has 1 N–H and O–H groups in total. The highest BCUT2D eigenvalue weighted by Gasteiger charge is 2.32. The van der Waals surface area contributed by atoms with Crippen LogP contribution in [0, 0.1) is 0 Å². The Kier molecular flexibility index (Phi) is 4.84. The zero-order valence-electron chi connectivity index (χ0n) is 13.1. The molecule has 9 heteroatoms. The monoisotopic (exact) mass is 352 g/mol. The van der Waals surface area contributed by atoms with Crippen LogP contribution in [0.5, 0.6) is 0 Å². The van der Waals surface area contributed by atoms with Crippen LogP contribution >= 0.6 is 0 Å². The number of aromatic nitrogens is 2. The predicted molar refractivity (Wildman–Crippen MR) is 84.5 cm³/mol. The molecule has 1 aliphatic rings. The van der Waals surface area contributed by atoms with Gasteiger partial charge in [0.15, 0.2) is 0 Å². The third-order valence-corrected chi connectivity index (χ3v) is 3.68. The maximum absolute atomic E-state index is 12.5. The fourth-order valence-electron chi connectivity index (χ4n) is 2.35. The Morgan fingerprint density at radius 1 is 1.08 bits per heavy atom. The Balaban J connectivity index is 1.64. The van der Waals surface area contributed by atoms with Gasteiger partial charge < -0.3 is 15.0 Å². The van der Waals surface area contributed by atoms with Crippen LogP contribution in [0.3, 0.4) is 0 Å². The number of pyridine rings is 2. The average Bonchev–Trinajstić information content (AvgIpc) is 2.62. The molecule has 1 aliphatic heterocycles. The van der Waals surface area contributed by atoms with Gasteiger partial charge in [-0.1, -0.05) is 0 Å². The Bertz CT molecular complexity index is 727. The molecule has 132 valence electrons. The van der Waals surface area contributed by atoms with Gasteiger partial charge in [0.1, 0.15) is 11.5 Å². The Hall–Kier alpha value is -2.68. The maximum Gasteiger partial charge on any atom is 0.433 e. The van der Waals surface area contributed by atoms with E-state index in [4.69, 9.17) is 4.74 Å². The van der Waals surface area contributed by atoms with Crippen LogP contribution in [0.25, 0.3) is 0 Å². The van der Waals surface area contributed by atoms with Gasteiger partial charge in [-0.3, -0.25) is 9.78 Å². The van der Waals surface area contributed by atoms with Gasteiger partial charge in [-0.05, 0) is 24.3 Å². The number of morpholine rings is 1. The first-order valence-corrected chi connectivity index (χ1v) is 7.57. The highest BCUT2D eigenvalue weighted by molar-refractivity contribution is 6.03. The molecule has 0 radical (unpaired) electrons. The van der Waals surface area contributed by atoms with E-state index in [2.05, 4.69) is 20.2 Å². The minimum atomic E-state index is -4.54. The van der Waals surface area contributed by atoms with Crippen LogP contribution in [0.1, 0.15) is 16.1 Å². The molecule has 3 heterocycles. The van der Waals surface area contributed by atoms with Crippen molar-refractivity contribution in [1.82, 2.24) is 9.97 Å². The predicted octanol–water partition coefficient (Wildman–Crippen LogP) is 2.58. The lowest BCUT2D eigenvalue weighted by Crippen LogP contribution is -2.36. The molecular weight excluding hydrogens is 337 g/mol. The van der Waals surface area contributed by atoms with Gasteiger partial charge in [-0.2, -0.15) is 13.2 Å². The first-order chi connectivity index (χ1) is 11.9. The standard InChI is InChI=1S/C16H15F3N4O2/c17-16(18,19)13-3-1-11(9-20-13)15(24)22-14-4-2-12(10-21-14)23-5-7-25-8-6-23/h1-4,9-10H,5-8H2,(H,21,22,24). The van der Waals surface area contributed by atoms with E-state index in [9.17, 15) is 18.0 Å². The number of rotatable bonds is 3. The number of hydrogen-bond donors (Lipinski definition) is 1. The number of nitrogens with one attached hydrogen (secondary N) is 1. The summed E-state index contributed by atoms with van der Waals surface area (Å²) in [4.78, 5) is 21.6. The van der Waals surface area contributed by atoms with Crippen molar-refractivity contribution in [2.75, 3.05) is 36.5 Å². The lowest BCUT2D eigenvalue weighted by Gasteiger charge is -2.28. The number of anilines is 2. The Morgan fingerprint density at radius 2 is 1.84 bits per heavy atom. The molecular formula is C16H15F3N4O2. The van der Waals surface area contributed by atoms with Crippen LogP contribution < -0.4 is 10.2 Å². The van der Waals surface area contributed by atoms with Crippen molar-refractivity contribution in [3.8, 4) is 0 Å². The maximum atomic E-state index is 12.5. The first kappa shape index (κ1) is 17.2. The van der Waals surface area contributed by atoms with Gasteiger partial charge in [0.05, 0.1) is 30.7 Å². The summed E-state index contributed by atoms with van der Waals surface area (Å²) in [6, 6.07) is 5.30. The van der Waals surface area contributed by atoms with Crippen molar-refractivity contribution in [3.05, 3.63) is 47.9 Å². The fraction of sp³-hybridized carbons (Fsp3) is 0.312. The number of alkyl halides is 3. The highest BCUT2D eigenvalue weighted by Crippen LogP contribution is 2.27. The van der Waals surface area contributed by atoms with Crippen molar-refractivity contribution in [1.29, 1.82) is 0 Å². The molecule has 0 spiro atoms. The number of carbonyl (C=O) groups is 1. The second-order valence-electron chi connectivity index (χ2n) is 5.39. The number of ether oxygens (including phenoxy) is 1. The molecule has 2 aromatic rings. The zero-order chi connectivity index (χ0) is 17.9. The topological polar surface area (TPSA) is 67.4 Å². The summed E-state index contributed by atoms with van der Waals surface area (Å²) in [6.07, 6.45) is -2.02. The lowest BCUT2D eigenvalue weighted by atomic mass is 10.2. The summed E-state index contributed by atoms with van der Waals surface area (Å²) in [5, 5.41) is 2.53. The van der Waals surface area contributed by atoms with Crippen molar-refractivity contribution in [3.63, 3.8) is 0 Å². The normalized spacial score (nSPS) is 15.1. The van der Waals surface area contributed by atoms with Crippen LogP contribution in [0.15, 0.2) is 36.7 Å². The van der Waals surface area contributed by atoms with Gasteiger partial charge in [-0.15, -0.1) is 0 Å². The molecule has 0 saturated carbocycles. The summed E-state index contributed by atoms with van der Waals surface area (Å²) in [7, 11) is 0. The van der Waals surface area contributed by atoms with Crippen LogP contribution in [0.4, 0.5) is 24.7 Å². The molecule has 1 saturated heterocycles. The third-order valence-electron chi connectivity index (χ3n) is 3.68. The van der Waals surface area contributed by atoms with E-state index in [1.807, 2.05) is 6.07 Å². The molecule has 3 rings (SSSR count). The summed E-state index contributed by atoms with van der Waals surface area (Å²) in [5.41, 5.74) is -0.110. The van der Waals surface area contributed by atoms with Crippen molar-refractivity contribution < 1.29 is 22.7 Å². The molecule has 0 bridgehead atoms. The fourth-order valence-corrected chi connectivity index (χ4v) is 2.35. The molecule has 1 amide bonds. The molecule has 0 atom stereocenters. The molecule has 1 fully saturated rings. The zero-order valence-corrected chi connectivity index (χ0v) is 13.1. The second-order valence-corrected chi connectivity index (χ2v) is 5.39. The molecule has 0 aliphatic carbocycles. The molecule has 25 heavy (non-hydrogen) atoms. The first-order valence-electron chi connectivity index (χ1n) is 7.57. The minimum absolute atomic E-state index is 0.0204. The highest BCUT2D eigenvalue weighted by atomic mass is 19.4. The molecule has 2 aromatic heterocycles. The second kappa shape index (κ2) is 7.06. The summed E-state index contributed by atoms with van der Waals surface area (Å²) in [6.45, 7) is 2.84. The SMILES string of the molecule is O=C(Nc1ccc(N2CCOCC2)cn1)c1ccc(C(F)(F)F)nc1. The van der Waals surface area contributed by atoms with E-state index < -0.39 is 17.8 Å². The number of nitrogens with zero attached hydrogens (tertiary/aromatic N) is 3. The summed E-state index contributed by atoms with van der Waals surface area (Å²) >= 11 is 0. The lowest BCUT2D eigenvalue weighted by molar-refractivity contribution is -0.141. The average molecular weight is 352 g/mol. The quantitative estimate of drug-likeness (QED) is 0.920. The van der Waals surface area contributed by atoms with E-state index >= 15 is 0 Å². The molecule has 0 aromatic carbocycles. The van der Waals surface area contributed by atoms with Crippen molar-refractivity contribution >= 4 is 17.4 Å². The molecule has 6 nitrogen and oxygen atoms in total. The number of carbonyl (C=O) groups excluding carboxylic acids is 1. The summed E-state index contributed by atoms with van der Waals surface area (Å²) < 4.78 is 42.7. The van der Waals surface area contributed by atoms with E-state index in [0.717, 1.165) is 37.1 Å². The number of hydrogen-bond acceptors (Lipinski definition) is 5. The smallest absolute Gasteiger partial charge is 0.378 e. The van der Waals surface area contributed by atoms with Crippen LogP contribution in [0.2, 0.25) is 0 Å². The van der Waals surface area contributed by atoms with Crippen LogP contribution in [-0.4, -0.2) is 42.2 Å². The van der Waals surface area contributed by atoms with E-state index in [0.29, 0.717) is 19.0 Å². The van der Waals surface area contributed by atoms with Gasteiger partial charge in [0, 0.05) is 19.3 Å². The van der Waals surface area contributed by atoms with Gasteiger partial charge in [0.25, 0.3) is 5.91 Å². The Morgan fingerprint density at radius 3 is 2.40 bits per heavy atom. The van der Waals surface area contributed by atoms with Gasteiger partial charge in [0.2, 0.25) is 0 Å². The largest absolute Gasteiger partial charge is 0.433 e. The Labute approximate surface area is 141 Å². The van der Waals surface area contributed by atoms with Gasteiger partial charge in [-0.25, -0.2) is 4.98 Å². The van der Waals surface area contributed by atoms with E-state index in [1.54, 1.807) is 12.3 Å². The van der Waals surface area contributed by atoms with E-state index in [-0.39, 0.29) is 5.56 Å². The number of halogens is 3. The third kappa shape index (κ3) is 4.24. The van der Waals surface area contributed by atoms with Gasteiger partial charge >= 0.3 is 6.18 Å². The summed E-state index contributed by atoms with van der Waals surface area (Å²) in [5.74, 6) is -0.269. The van der Waals surface area contributed by atoms with Crippen LogP contribution in [-0.2, 0) is 10.9 Å². The van der Waals surface area contributed by atoms with Crippen molar-refractivity contribution in [2.45, 2.75) is 6.18 Å². The number of amides is 1. The minimum Gasteiger partial charge on any atom is -0.378 e. The van der Waals surface area contributed by atoms with Crippen molar-refractivity contribution in [2.24, 2.45) is 0 Å².